The maximum absolute atomic E-state index is 12.7. The number of hydrogen-bond acceptors (Lipinski definition) is 6. The van der Waals surface area contributed by atoms with E-state index in [1.807, 2.05) is 44.2 Å². The Labute approximate surface area is 197 Å². The summed E-state index contributed by atoms with van der Waals surface area (Å²) in [4.78, 5) is 38.5. The average molecular weight is 488 g/mol. The highest BCUT2D eigenvalue weighted by molar-refractivity contribution is 8.18. The second-order valence-electron chi connectivity index (χ2n) is 7.60. The van der Waals surface area contributed by atoms with Gasteiger partial charge in [0.05, 0.1) is 16.3 Å². The number of sulfonamides is 1. The van der Waals surface area contributed by atoms with Crippen LogP contribution in [0.2, 0.25) is 0 Å². The number of hydrogen-bond donors (Lipinski definition) is 1. The zero-order valence-electron chi connectivity index (χ0n) is 18.6. The summed E-state index contributed by atoms with van der Waals surface area (Å²) in [6.45, 7) is 3.34. The van der Waals surface area contributed by atoms with Crippen LogP contribution in [-0.4, -0.2) is 61.4 Å². The number of carbonyl (C=O) groups is 3. The predicted octanol–water partition coefficient (Wildman–Crippen LogP) is 2.78. The van der Waals surface area contributed by atoms with Crippen LogP contribution in [0.15, 0.2) is 58.3 Å². The van der Waals surface area contributed by atoms with Gasteiger partial charge in [0.15, 0.2) is 0 Å². The summed E-state index contributed by atoms with van der Waals surface area (Å²) in [5.74, 6) is -0.950. The standard InChI is InChI=1S/C23H25N3O5S2/c1-16-9-10-19(13-17(16)2)33(30,31)25(3)15-21(27)24-11-12-26-22(28)20(32-23(26)29)14-18-7-5-4-6-8-18/h4-10,13-14H,11-12,15H2,1-3H3,(H,24,27)/b20-14+. The number of nitrogens with zero attached hydrogens (tertiary/aromatic N) is 2. The van der Waals surface area contributed by atoms with Gasteiger partial charge in [-0.05, 0) is 60.5 Å². The van der Waals surface area contributed by atoms with E-state index in [9.17, 15) is 22.8 Å². The molecule has 1 fully saturated rings. The molecule has 1 N–H and O–H groups in total. The van der Waals surface area contributed by atoms with E-state index in [0.29, 0.717) is 4.91 Å². The van der Waals surface area contributed by atoms with Gasteiger partial charge in [0.1, 0.15) is 0 Å². The molecule has 0 unspecified atom stereocenters. The van der Waals surface area contributed by atoms with E-state index in [0.717, 1.165) is 37.7 Å². The summed E-state index contributed by atoms with van der Waals surface area (Å²) in [5.41, 5.74) is 2.62. The highest BCUT2D eigenvalue weighted by Crippen LogP contribution is 2.31. The van der Waals surface area contributed by atoms with Crippen LogP contribution in [0.25, 0.3) is 6.08 Å². The molecule has 1 aliphatic heterocycles. The Bertz CT molecular complexity index is 1210. The van der Waals surface area contributed by atoms with Crippen LogP contribution in [0.4, 0.5) is 4.79 Å². The molecule has 0 atom stereocenters. The second kappa shape index (κ2) is 10.3. The molecule has 1 saturated heterocycles. The first-order valence-corrected chi connectivity index (χ1v) is 12.5. The molecule has 0 spiro atoms. The van der Waals surface area contributed by atoms with Crippen molar-refractivity contribution >= 4 is 44.9 Å². The van der Waals surface area contributed by atoms with Crippen molar-refractivity contribution in [3.63, 3.8) is 0 Å². The van der Waals surface area contributed by atoms with E-state index in [-0.39, 0.29) is 24.5 Å². The maximum Gasteiger partial charge on any atom is 0.293 e. The molecule has 3 amide bonds. The lowest BCUT2D eigenvalue weighted by atomic mass is 10.1. The number of carbonyl (C=O) groups excluding carboxylic acids is 3. The Hall–Kier alpha value is -2.95. The minimum absolute atomic E-state index is 0.00381. The Morgan fingerprint density at radius 2 is 1.79 bits per heavy atom. The van der Waals surface area contributed by atoms with Gasteiger partial charge in [0.2, 0.25) is 15.9 Å². The van der Waals surface area contributed by atoms with Crippen LogP contribution < -0.4 is 5.32 Å². The number of thioether (sulfide) groups is 1. The highest BCUT2D eigenvalue weighted by atomic mass is 32.2. The van der Waals surface area contributed by atoms with Gasteiger partial charge in [-0.15, -0.1) is 0 Å². The molecule has 1 heterocycles. The minimum Gasteiger partial charge on any atom is -0.353 e. The van der Waals surface area contributed by atoms with E-state index in [4.69, 9.17) is 0 Å². The van der Waals surface area contributed by atoms with Crippen molar-refractivity contribution in [1.29, 1.82) is 0 Å². The summed E-state index contributed by atoms with van der Waals surface area (Å²) in [7, 11) is -2.50. The lowest BCUT2D eigenvalue weighted by Crippen LogP contribution is -2.42. The molecular formula is C23H25N3O5S2. The first kappa shape index (κ1) is 24.7. The molecule has 2 aromatic rings. The van der Waals surface area contributed by atoms with Gasteiger partial charge < -0.3 is 5.32 Å². The molecule has 0 bridgehead atoms. The molecule has 0 saturated carbocycles. The summed E-state index contributed by atoms with van der Waals surface area (Å²) in [5, 5.41) is 2.16. The van der Waals surface area contributed by atoms with Crippen LogP contribution in [0.5, 0.6) is 0 Å². The Balaban J connectivity index is 1.53. The number of nitrogens with one attached hydrogen (secondary N) is 1. The smallest absolute Gasteiger partial charge is 0.293 e. The molecule has 1 aliphatic rings. The molecule has 10 heteroatoms. The Kier molecular flexibility index (Phi) is 7.72. The van der Waals surface area contributed by atoms with Gasteiger partial charge in [-0.1, -0.05) is 36.4 Å². The highest BCUT2D eigenvalue weighted by Gasteiger charge is 2.34. The molecule has 2 aromatic carbocycles. The minimum atomic E-state index is -3.83. The first-order valence-electron chi connectivity index (χ1n) is 10.2. The van der Waals surface area contributed by atoms with Crippen molar-refractivity contribution in [2.45, 2.75) is 18.7 Å². The molecule has 8 nitrogen and oxygen atoms in total. The van der Waals surface area contributed by atoms with Gasteiger partial charge in [-0.3, -0.25) is 19.3 Å². The summed E-state index contributed by atoms with van der Waals surface area (Å²) < 4.78 is 26.4. The number of imide groups is 1. The van der Waals surface area contributed by atoms with Gasteiger partial charge in [-0.2, -0.15) is 4.31 Å². The fraction of sp³-hybridized carbons (Fsp3) is 0.261. The average Bonchev–Trinajstić information content (AvgIpc) is 3.03. The fourth-order valence-electron chi connectivity index (χ4n) is 3.10. The molecule has 0 radical (unpaired) electrons. The largest absolute Gasteiger partial charge is 0.353 e. The number of aryl methyl sites for hydroxylation is 2. The third-order valence-corrected chi connectivity index (χ3v) is 7.89. The molecule has 0 aliphatic carbocycles. The van der Waals surface area contributed by atoms with Crippen LogP contribution in [0, 0.1) is 13.8 Å². The zero-order chi connectivity index (χ0) is 24.2. The summed E-state index contributed by atoms with van der Waals surface area (Å²) in [6, 6.07) is 14.0. The van der Waals surface area contributed by atoms with Crippen molar-refractivity contribution in [2.75, 3.05) is 26.7 Å². The van der Waals surface area contributed by atoms with Gasteiger partial charge >= 0.3 is 0 Å². The lowest BCUT2D eigenvalue weighted by Gasteiger charge is -2.18. The molecule has 3 rings (SSSR count). The second-order valence-corrected chi connectivity index (χ2v) is 10.6. The van der Waals surface area contributed by atoms with E-state index in [1.54, 1.807) is 18.2 Å². The quantitative estimate of drug-likeness (QED) is 0.575. The van der Waals surface area contributed by atoms with Crippen LogP contribution in [0.1, 0.15) is 16.7 Å². The Morgan fingerprint density at radius 1 is 1.09 bits per heavy atom. The third kappa shape index (κ3) is 5.89. The normalized spacial score (nSPS) is 15.5. The zero-order valence-corrected chi connectivity index (χ0v) is 20.2. The molecular weight excluding hydrogens is 462 g/mol. The number of benzene rings is 2. The van der Waals surface area contributed by atoms with E-state index < -0.39 is 27.1 Å². The molecule has 0 aromatic heterocycles. The van der Waals surface area contributed by atoms with Gasteiger partial charge in [0.25, 0.3) is 11.1 Å². The SMILES string of the molecule is Cc1ccc(S(=O)(=O)N(C)CC(=O)NCCN2C(=O)S/C(=C/c3ccccc3)C2=O)cc1C. The van der Waals surface area contributed by atoms with E-state index in [1.165, 1.54) is 13.1 Å². The predicted molar refractivity (Wildman–Crippen MR) is 128 cm³/mol. The summed E-state index contributed by atoms with van der Waals surface area (Å²) >= 11 is 0.847. The van der Waals surface area contributed by atoms with Crippen molar-refractivity contribution in [3.8, 4) is 0 Å². The van der Waals surface area contributed by atoms with Gasteiger partial charge in [0, 0.05) is 20.1 Å². The first-order chi connectivity index (χ1) is 15.6. The van der Waals surface area contributed by atoms with Crippen LogP contribution >= 0.6 is 11.8 Å². The number of rotatable bonds is 8. The Morgan fingerprint density at radius 3 is 2.45 bits per heavy atom. The topological polar surface area (TPSA) is 104 Å². The van der Waals surface area contributed by atoms with E-state index >= 15 is 0 Å². The summed E-state index contributed by atoms with van der Waals surface area (Å²) in [6.07, 6.45) is 1.65. The molecule has 33 heavy (non-hydrogen) atoms. The monoisotopic (exact) mass is 487 g/mol. The van der Waals surface area contributed by atoms with Crippen molar-refractivity contribution in [2.24, 2.45) is 0 Å². The van der Waals surface area contributed by atoms with Crippen LogP contribution in [-0.2, 0) is 19.6 Å². The fourth-order valence-corrected chi connectivity index (χ4v) is 5.18. The van der Waals surface area contributed by atoms with Crippen molar-refractivity contribution in [3.05, 3.63) is 70.1 Å². The van der Waals surface area contributed by atoms with E-state index in [2.05, 4.69) is 5.32 Å². The van der Waals surface area contributed by atoms with Gasteiger partial charge in [-0.25, -0.2) is 8.42 Å². The maximum atomic E-state index is 12.7. The number of amides is 3. The lowest BCUT2D eigenvalue weighted by molar-refractivity contribution is -0.124. The van der Waals surface area contributed by atoms with Crippen LogP contribution in [0.3, 0.4) is 0 Å². The number of likely N-dealkylation sites (N-methyl/N-ethyl adjacent to an activating group) is 1. The third-order valence-electron chi connectivity index (χ3n) is 5.18. The van der Waals surface area contributed by atoms with Crippen molar-refractivity contribution < 1.29 is 22.8 Å². The van der Waals surface area contributed by atoms with Crippen molar-refractivity contribution in [1.82, 2.24) is 14.5 Å². The molecule has 174 valence electrons.